The Hall–Kier alpha value is -2.54. The Balaban J connectivity index is 5.05. The molecule has 0 saturated carbocycles. The summed E-state index contributed by atoms with van der Waals surface area (Å²) in [6.07, 6.45) is 0.788. The number of carboxylic acids is 1. The van der Waals surface area contributed by atoms with Crippen molar-refractivity contribution in [1.29, 1.82) is 0 Å². The van der Waals surface area contributed by atoms with E-state index in [9.17, 15) is 24.3 Å². The second-order valence-electron chi connectivity index (χ2n) is 8.10. The second-order valence-corrected chi connectivity index (χ2v) is 8.46. The van der Waals surface area contributed by atoms with E-state index in [1.807, 2.05) is 0 Å². The maximum absolute atomic E-state index is 12.8. The highest BCUT2D eigenvalue weighted by atomic mass is 32.1. The number of aliphatic imine (C=N–C) groups is 1. The summed E-state index contributed by atoms with van der Waals surface area (Å²) in [6.45, 7) is 7.08. The number of amides is 3. The van der Waals surface area contributed by atoms with Crippen molar-refractivity contribution in [3.05, 3.63) is 0 Å². The first-order chi connectivity index (χ1) is 14.8. The number of aliphatic carboxylic acids is 1. The smallest absolute Gasteiger partial charge is 0.326 e. The van der Waals surface area contributed by atoms with Crippen LogP contribution in [0.4, 0.5) is 0 Å². The van der Waals surface area contributed by atoms with E-state index < -0.39 is 47.9 Å². The van der Waals surface area contributed by atoms with Gasteiger partial charge in [-0.15, -0.1) is 0 Å². The molecule has 32 heavy (non-hydrogen) atoms. The number of carboxylic acid groups (broad SMARTS) is 1. The van der Waals surface area contributed by atoms with E-state index in [2.05, 4.69) is 33.6 Å². The lowest BCUT2D eigenvalue weighted by Crippen LogP contribution is -2.59. The van der Waals surface area contributed by atoms with Crippen molar-refractivity contribution in [3.8, 4) is 0 Å². The van der Waals surface area contributed by atoms with Crippen LogP contribution in [-0.4, -0.2) is 71.2 Å². The fourth-order valence-corrected chi connectivity index (χ4v) is 2.93. The van der Waals surface area contributed by atoms with E-state index in [4.69, 9.17) is 17.2 Å². The van der Waals surface area contributed by atoms with Crippen LogP contribution in [0.15, 0.2) is 4.99 Å². The molecular weight excluding hydrogens is 438 g/mol. The summed E-state index contributed by atoms with van der Waals surface area (Å²) < 4.78 is 0. The molecule has 0 aliphatic carbocycles. The van der Waals surface area contributed by atoms with Crippen LogP contribution >= 0.6 is 12.6 Å². The number of carbonyl (C=O) groups excluding carboxylic acids is 3. The molecule has 0 fully saturated rings. The van der Waals surface area contributed by atoms with Crippen LogP contribution in [-0.2, 0) is 19.2 Å². The summed E-state index contributed by atoms with van der Waals surface area (Å²) in [5, 5.41) is 16.8. The highest BCUT2D eigenvalue weighted by molar-refractivity contribution is 7.80. The van der Waals surface area contributed by atoms with Gasteiger partial charge in [-0.3, -0.25) is 19.4 Å². The molecular formula is C19H37N7O5S. The van der Waals surface area contributed by atoms with Gasteiger partial charge in [0.15, 0.2) is 5.96 Å². The minimum Gasteiger partial charge on any atom is -0.480 e. The Morgan fingerprint density at radius 1 is 0.906 bits per heavy atom. The van der Waals surface area contributed by atoms with Crippen LogP contribution in [0.1, 0.15) is 40.5 Å². The Bertz CT molecular complexity index is 683. The molecule has 0 aliphatic rings. The molecule has 0 aromatic carbocycles. The van der Waals surface area contributed by atoms with Crippen LogP contribution < -0.4 is 33.2 Å². The highest BCUT2D eigenvalue weighted by Crippen LogP contribution is 2.06. The molecule has 0 saturated heterocycles. The fourth-order valence-electron chi connectivity index (χ4n) is 2.67. The Kier molecular flexibility index (Phi) is 13.4. The number of hydrogen-bond donors (Lipinski definition) is 8. The number of carbonyl (C=O) groups is 4. The van der Waals surface area contributed by atoms with Crippen molar-refractivity contribution in [2.45, 2.75) is 64.7 Å². The molecule has 0 heterocycles. The molecule has 0 spiro atoms. The van der Waals surface area contributed by atoms with Crippen molar-refractivity contribution in [3.63, 3.8) is 0 Å². The summed E-state index contributed by atoms with van der Waals surface area (Å²) in [4.78, 5) is 52.8. The number of guanidine groups is 1. The van der Waals surface area contributed by atoms with Gasteiger partial charge >= 0.3 is 5.97 Å². The second kappa shape index (κ2) is 14.5. The minimum absolute atomic E-state index is 0.0505. The highest BCUT2D eigenvalue weighted by Gasteiger charge is 2.31. The third-order valence-corrected chi connectivity index (χ3v) is 4.96. The lowest BCUT2D eigenvalue weighted by Gasteiger charge is -2.27. The fraction of sp³-hybridized carbons (Fsp3) is 0.737. The first-order valence-electron chi connectivity index (χ1n) is 10.4. The van der Waals surface area contributed by atoms with Gasteiger partial charge in [0.1, 0.15) is 18.1 Å². The number of nitrogens with one attached hydrogen (secondary N) is 3. The number of thiol groups is 1. The molecule has 3 amide bonds. The molecule has 10 N–H and O–H groups in total. The molecule has 4 atom stereocenters. The van der Waals surface area contributed by atoms with Gasteiger partial charge in [0.25, 0.3) is 0 Å². The van der Waals surface area contributed by atoms with Crippen LogP contribution in [0.2, 0.25) is 0 Å². The molecule has 0 bridgehead atoms. The van der Waals surface area contributed by atoms with Gasteiger partial charge in [0.2, 0.25) is 17.7 Å². The zero-order chi connectivity index (χ0) is 25.0. The predicted molar refractivity (Wildman–Crippen MR) is 125 cm³/mol. The number of hydrogen-bond acceptors (Lipinski definition) is 7. The molecule has 0 radical (unpaired) electrons. The van der Waals surface area contributed by atoms with Gasteiger partial charge in [-0.05, 0) is 24.7 Å². The Morgan fingerprint density at radius 2 is 1.44 bits per heavy atom. The number of nitrogens with zero attached hydrogens (tertiary/aromatic N) is 1. The zero-order valence-corrected chi connectivity index (χ0v) is 19.9. The molecule has 0 aliphatic heterocycles. The molecule has 184 valence electrons. The lowest BCUT2D eigenvalue weighted by molar-refractivity contribution is -0.143. The SMILES string of the molecule is CC(C)C(NC(=O)C(CS)NC(=O)C(NC(=O)C(N)CCCN=C(N)N)C(C)C)C(=O)O. The zero-order valence-electron chi connectivity index (χ0n) is 19.0. The third-order valence-electron chi connectivity index (χ3n) is 4.60. The van der Waals surface area contributed by atoms with Gasteiger partial charge in [0, 0.05) is 12.3 Å². The van der Waals surface area contributed by atoms with E-state index in [0.29, 0.717) is 19.4 Å². The summed E-state index contributed by atoms with van der Waals surface area (Å²) in [7, 11) is 0. The van der Waals surface area contributed by atoms with E-state index in [0.717, 1.165) is 0 Å². The Morgan fingerprint density at radius 3 is 1.88 bits per heavy atom. The predicted octanol–water partition coefficient (Wildman–Crippen LogP) is -1.85. The summed E-state index contributed by atoms with van der Waals surface area (Å²) >= 11 is 4.08. The van der Waals surface area contributed by atoms with Crippen molar-refractivity contribution in [2.75, 3.05) is 12.3 Å². The number of nitrogens with two attached hydrogens (primary N) is 3. The van der Waals surface area contributed by atoms with Gasteiger partial charge in [-0.2, -0.15) is 12.6 Å². The van der Waals surface area contributed by atoms with Gasteiger partial charge in [-0.25, -0.2) is 4.79 Å². The molecule has 0 aromatic heterocycles. The normalized spacial score (nSPS) is 14.8. The largest absolute Gasteiger partial charge is 0.480 e. The molecule has 4 unspecified atom stereocenters. The minimum atomic E-state index is -1.18. The summed E-state index contributed by atoms with van der Waals surface area (Å²) in [5.41, 5.74) is 16.4. The van der Waals surface area contributed by atoms with Gasteiger partial charge < -0.3 is 38.3 Å². The first-order valence-corrected chi connectivity index (χ1v) is 11.0. The van der Waals surface area contributed by atoms with Crippen LogP contribution in [0.25, 0.3) is 0 Å². The van der Waals surface area contributed by atoms with Crippen molar-refractivity contribution in [1.82, 2.24) is 16.0 Å². The summed E-state index contributed by atoms with van der Waals surface area (Å²) in [6, 6.07) is -4.02. The lowest BCUT2D eigenvalue weighted by atomic mass is 10.0. The van der Waals surface area contributed by atoms with Crippen molar-refractivity contribution >= 4 is 42.3 Å². The summed E-state index contributed by atoms with van der Waals surface area (Å²) in [5.74, 6) is -3.77. The standard InChI is InChI=1S/C19H37N7O5S/c1-9(2)13(25-15(27)11(20)6-5-7-23-19(21)22)17(29)24-12(8-32)16(28)26-14(10(3)4)18(30)31/h9-14,32H,5-8,20H2,1-4H3,(H,24,29)(H,25,27)(H,26,28)(H,30,31)(H4,21,22,23). The third kappa shape index (κ3) is 10.7. The monoisotopic (exact) mass is 475 g/mol. The van der Waals surface area contributed by atoms with Crippen molar-refractivity contribution in [2.24, 2.45) is 34.0 Å². The number of rotatable bonds is 14. The van der Waals surface area contributed by atoms with Crippen molar-refractivity contribution < 1.29 is 24.3 Å². The molecule has 0 aromatic rings. The maximum Gasteiger partial charge on any atom is 0.326 e. The first kappa shape index (κ1) is 29.5. The van der Waals surface area contributed by atoms with E-state index in [-0.39, 0.29) is 23.5 Å². The molecule has 12 nitrogen and oxygen atoms in total. The van der Waals surface area contributed by atoms with Gasteiger partial charge in [0.05, 0.1) is 6.04 Å². The Labute approximate surface area is 193 Å². The van der Waals surface area contributed by atoms with Crippen LogP contribution in [0, 0.1) is 11.8 Å². The van der Waals surface area contributed by atoms with E-state index in [1.165, 1.54) is 0 Å². The molecule has 13 heteroatoms. The topological polar surface area (TPSA) is 215 Å². The van der Waals surface area contributed by atoms with Crippen LogP contribution in [0.5, 0.6) is 0 Å². The van der Waals surface area contributed by atoms with Crippen LogP contribution in [0.3, 0.4) is 0 Å². The van der Waals surface area contributed by atoms with E-state index in [1.54, 1.807) is 27.7 Å². The molecule has 0 rings (SSSR count). The maximum atomic E-state index is 12.8. The van der Waals surface area contributed by atoms with E-state index >= 15 is 0 Å². The quantitative estimate of drug-likeness (QED) is 0.0616. The average molecular weight is 476 g/mol. The van der Waals surface area contributed by atoms with Gasteiger partial charge in [-0.1, -0.05) is 27.7 Å². The average Bonchev–Trinajstić information content (AvgIpc) is 2.69.